The van der Waals surface area contributed by atoms with Crippen LogP contribution in [0.15, 0.2) is 29.3 Å². The Kier molecular flexibility index (Phi) is 8.21. The number of benzene rings is 1. The third-order valence-electron chi connectivity index (χ3n) is 3.69. The molecule has 1 aromatic carbocycles. The van der Waals surface area contributed by atoms with Crippen LogP contribution in [-0.2, 0) is 11.3 Å². The number of urea groups is 1. The van der Waals surface area contributed by atoms with Crippen molar-refractivity contribution >= 4 is 17.9 Å². The van der Waals surface area contributed by atoms with Crippen molar-refractivity contribution in [2.45, 2.75) is 38.4 Å². The summed E-state index contributed by atoms with van der Waals surface area (Å²) in [6.45, 7) is 2.76. The van der Waals surface area contributed by atoms with Crippen LogP contribution in [0.4, 0.5) is 4.79 Å². The number of rotatable bonds is 10. The highest BCUT2D eigenvalue weighted by atomic mass is 16.2. The Hall–Kier alpha value is -2.81. The summed E-state index contributed by atoms with van der Waals surface area (Å²) in [6, 6.07) is 6.52. The fraction of sp³-hybridized carbons (Fsp3) is 0.438. The van der Waals surface area contributed by atoms with Gasteiger partial charge < -0.3 is 28.3 Å². The number of hydrogen-bond donors (Lipinski definition) is 6. The fourth-order valence-corrected chi connectivity index (χ4v) is 2.32. The van der Waals surface area contributed by atoms with E-state index in [2.05, 4.69) is 15.6 Å². The number of amides is 3. The Morgan fingerprint density at radius 2 is 1.76 bits per heavy atom. The van der Waals surface area contributed by atoms with Crippen LogP contribution in [0.1, 0.15) is 36.9 Å². The van der Waals surface area contributed by atoms with Gasteiger partial charge in [-0.25, -0.2) is 4.79 Å². The minimum atomic E-state index is -0.566. The quantitative estimate of drug-likeness (QED) is 0.188. The molecular weight excluding hydrogens is 322 g/mol. The molecule has 0 heterocycles. The molecule has 10 N–H and O–H groups in total. The molecule has 2 atom stereocenters. The van der Waals surface area contributed by atoms with Gasteiger partial charge >= 0.3 is 6.03 Å². The number of nitrogens with two attached hydrogens (primary N) is 4. The SMILES string of the molecule is CC(N[C@@H](CCCN=C(N)N)C(N)=O)c1ccc(CNC(N)=O)cc1. The third-order valence-corrected chi connectivity index (χ3v) is 3.69. The van der Waals surface area contributed by atoms with Crippen molar-refractivity contribution in [1.82, 2.24) is 10.6 Å². The molecule has 1 unspecified atom stereocenters. The molecule has 0 bridgehead atoms. The second kappa shape index (κ2) is 10.1. The molecule has 0 aliphatic carbocycles. The molecule has 0 aliphatic heterocycles. The lowest BCUT2D eigenvalue weighted by molar-refractivity contribution is -0.120. The predicted octanol–water partition coefficient (Wildman–Crippen LogP) is -0.587. The van der Waals surface area contributed by atoms with Gasteiger partial charge in [-0.3, -0.25) is 15.1 Å². The van der Waals surface area contributed by atoms with Crippen molar-refractivity contribution in [2.75, 3.05) is 6.54 Å². The van der Waals surface area contributed by atoms with E-state index in [4.69, 9.17) is 22.9 Å². The van der Waals surface area contributed by atoms with Crippen LogP contribution in [0.3, 0.4) is 0 Å². The summed E-state index contributed by atoms with van der Waals surface area (Å²) in [6.07, 6.45) is 1.18. The summed E-state index contributed by atoms with van der Waals surface area (Å²) < 4.78 is 0. The summed E-state index contributed by atoms with van der Waals surface area (Å²) in [5.41, 5.74) is 23.0. The molecule has 1 rings (SSSR count). The zero-order valence-corrected chi connectivity index (χ0v) is 14.4. The van der Waals surface area contributed by atoms with E-state index in [9.17, 15) is 9.59 Å². The van der Waals surface area contributed by atoms with E-state index in [1.807, 2.05) is 31.2 Å². The van der Waals surface area contributed by atoms with Crippen LogP contribution in [0.25, 0.3) is 0 Å². The molecule has 0 radical (unpaired) electrons. The molecule has 3 amide bonds. The van der Waals surface area contributed by atoms with Gasteiger partial charge in [-0.15, -0.1) is 0 Å². The third kappa shape index (κ3) is 8.02. The predicted molar refractivity (Wildman–Crippen MR) is 97.3 cm³/mol. The first-order chi connectivity index (χ1) is 11.8. The monoisotopic (exact) mass is 349 g/mol. The van der Waals surface area contributed by atoms with Gasteiger partial charge in [-0.2, -0.15) is 0 Å². The van der Waals surface area contributed by atoms with E-state index >= 15 is 0 Å². The molecule has 9 heteroatoms. The van der Waals surface area contributed by atoms with Crippen LogP contribution < -0.4 is 33.6 Å². The maximum atomic E-state index is 11.6. The minimum Gasteiger partial charge on any atom is -0.370 e. The van der Waals surface area contributed by atoms with Gasteiger partial charge in [0, 0.05) is 19.1 Å². The first-order valence-electron chi connectivity index (χ1n) is 8.02. The van der Waals surface area contributed by atoms with Gasteiger partial charge in [-0.05, 0) is 30.9 Å². The van der Waals surface area contributed by atoms with Gasteiger partial charge in [0.15, 0.2) is 5.96 Å². The smallest absolute Gasteiger partial charge is 0.312 e. The van der Waals surface area contributed by atoms with E-state index in [1.54, 1.807) is 0 Å². The van der Waals surface area contributed by atoms with Gasteiger partial charge in [-0.1, -0.05) is 24.3 Å². The van der Waals surface area contributed by atoms with Crippen LogP contribution in [0.2, 0.25) is 0 Å². The lowest BCUT2D eigenvalue weighted by Gasteiger charge is -2.21. The Morgan fingerprint density at radius 1 is 1.12 bits per heavy atom. The first-order valence-corrected chi connectivity index (χ1v) is 8.02. The van der Waals surface area contributed by atoms with E-state index < -0.39 is 18.0 Å². The average Bonchev–Trinajstić information content (AvgIpc) is 2.55. The van der Waals surface area contributed by atoms with E-state index in [0.29, 0.717) is 25.9 Å². The second-order valence-electron chi connectivity index (χ2n) is 5.75. The number of carbonyl (C=O) groups excluding carboxylic acids is 2. The fourth-order valence-electron chi connectivity index (χ4n) is 2.32. The molecule has 0 fully saturated rings. The molecule has 0 saturated carbocycles. The number of carbonyl (C=O) groups is 2. The Morgan fingerprint density at radius 3 is 2.28 bits per heavy atom. The van der Waals surface area contributed by atoms with Crippen molar-refractivity contribution in [1.29, 1.82) is 0 Å². The molecule has 0 aliphatic rings. The molecule has 0 spiro atoms. The minimum absolute atomic E-state index is 0.0304. The maximum absolute atomic E-state index is 11.6. The number of aliphatic imine (C=N–C) groups is 1. The number of nitrogens with zero attached hydrogens (tertiary/aromatic N) is 1. The number of primary amides is 2. The van der Waals surface area contributed by atoms with Crippen molar-refractivity contribution in [2.24, 2.45) is 27.9 Å². The van der Waals surface area contributed by atoms with Crippen LogP contribution >= 0.6 is 0 Å². The van der Waals surface area contributed by atoms with Crippen molar-refractivity contribution < 1.29 is 9.59 Å². The van der Waals surface area contributed by atoms with Crippen LogP contribution in [0.5, 0.6) is 0 Å². The lowest BCUT2D eigenvalue weighted by atomic mass is 10.0. The molecule has 0 aromatic heterocycles. The molecule has 138 valence electrons. The van der Waals surface area contributed by atoms with Gasteiger partial charge in [0.25, 0.3) is 0 Å². The summed E-state index contributed by atoms with van der Waals surface area (Å²) in [5.74, 6) is -0.387. The topological polar surface area (TPSA) is 175 Å². The zero-order chi connectivity index (χ0) is 18.8. The Balaban J connectivity index is 2.58. The van der Waals surface area contributed by atoms with E-state index in [1.165, 1.54) is 0 Å². The van der Waals surface area contributed by atoms with Crippen molar-refractivity contribution in [3.63, 3.8) is 0 Å². The highest BCUT2D eigenvalue weighted by Crippen LogP contribution is 2.15. The Bertz CT molecular complexity index is 597. The largest absolute Gasteiger partial charge is 0.370 e. The van der Waals surface area contributed by atoms with Crippen LogP contribution in [-0.4, -0.2) is 30.5 Å². The van der Waals surface area contributed by atoms with Crippen molar-refractivity contribution in [3.8, 4) is 0 Å². The second-order valence-corrected chi connectivity index (χ2v) is 5.75. The van der Waals surface area contributed by atoms with E-state index in [-0.39, 0.29) is 12.0 Å². The first kappa shape index (κ1) is 20.2. The molecule has 0 saturated heterocycles. The normalized spacial score (nSPS) is 12.8. The zero-order valence-electron chi connectivity index (χ0n) is 14.4. The van der Waals surface area contributed by atoms with Crippen LogP contribution in [0, 0.1) is 0 Å². The summed E-state index contributed by atoms with van der Waals surface area (Å²) >= 11 is 0. The highest BCUT2D eigenvalue weighted by molar-refractivity contribution is 5.79. The molecule has 1 aromatic rings. The lowest BCUT2D eigenvalue weighted by Crippen LogP contribution is -2.42. The maximum Gasteiger partial charge on any atom is 0.312 e. The Labute approximate surface area is 147 Å². The number of hydrogen-bond acceptors (Lipinski definition) is 4. The number of nitrogens with one attached hydrogen (secondary N) is 2. The van der Waals surface area contributed by atoms with Crippen molar-refractivity contribution in [3.05, 3.63) is 35.4 Å². The highest BCUT2D eigenvalue weighted by Gasteiger charge is 2.18. The molecule has 9 nitrogen and oxygen atoms in total. The number of guanidine groups is 1. The average molecular weight is 349 g/mol. The standard InChI is InChI=1S/C16H27N7O2/c1-10(12-6-4-11(5-7-12)9-22-16(20)25)23-13(14(17)24)3-2-8-21-15(18)19/h4-7,10,13,23H,2-3,8-9H2,1H3,(H2,17,24)(H4,18,19,21)(H3,20,22,25)/t10?,13-/m0/s1. The van der Waals surface area contributed by atoms with Gasteiger partial charge in [0.05, 0.1) is 6.04 Å². The van der Waals surface area contributed by atoms with Gasteiger partial charge in [0.2, 0.25) is 5.91 Å². The molecule has 25 heavy (non-hydrogen) atoms. The van der Waals surface area contributed by atoms with E-state index in [0.717, 1.165) is 11.1 Å². The summed E-state index contributed by atoms with van der Waals surface area (Å²) in [7, 11) is 0. The summed E-state index contributed by atoms with van der Waals surface area (Å²) in [4.78, 5) is 26.2. The molecular formula is C16H27N7O2. The summed E-state index contributed by atoms with van der Waals surface area (Å²) in [5, 5.41) is 5.74. The van der Waals surface area contributed by atoms with Gasteiger partial charge in [0.1, 0.15) is 0 Å².